The minimum absolute atomic E-state index is 0.121. The van der Waals surface area contributed by atoms with Gasteiger partial charge in [-0.05, 0) is 37.0 Å². The highest BCUT2D eigenvalue weighted by molar-refractivity contribution is 5.26. The van der Waals surface area contributed by atoms with Crippen molar-refractivity contribution in [2.24, 2.45) is 5.92 Å². The molecule has 0 spiro atoms. The molecule has 17 heavy (non-hydrogen) atoms. The Labute approximate surface area is 101 Å². The third kappa shape index (κ3) is 2.50. The predicted molar refractivity (Wildman–Crippen MR) is 64.2 cm³/mol. The van der Waals surface area contributed by atoms with Gasteiger partial charge in [0.05, 0.1) is 12.2 Å². The molecule has 1 heterocycles. The summed E-state index contributed by atoms with van der Waals surface area (Å²) in [5.74, 6) is -0.0967. The highest BCUT2D eigenvalue weighted by Gasteiger charge is 2.33. The van der Waals surface area contributed by atoms with E-state index in [1.54, 1.807) is 19.1 Å². The topological polar surface area (TPSA) is 29.5 Å². The average Bonchev–Trinajstić information content (AvgIpc) is 2.80. The summed E-state index contributed by atoms with van der Waals surface area (Å²) < 4.78 is 18.8. The quantitative estimate of drug-likeness (QED) is 0.877. The Morgan fingerprint density at radius 3 is 2.94 bits per heavy atom. The number of rotatable bonds is 3. The van der Waals surface area contributed by atoms with E-state index < -0.39 is 6.10 Å². The second kappa shape index (κ2) is 5.15. The third-order valence-electron chi connectivity index (χ3n) is 3.59. The molecular formula is C14H19FO2. The second-order valence-corrected chi connectivity index (χ2v) is 4.72. The number of hydrogen-bond donors (Lipinski definition) is 1. The summed E-state index contributed by atoms with van der Waals surface area (Å²) in [6, 6.07) is 4.81. The van der Waals surface area contributed by atoms with E-state index in [9.17, 15) is 9.50 Å². The van der Waals surface area contributed by atoms with Gasteiger partial charge in [0.15, 0.2) is 0 Å². The minimum atomic E-state index is -0.554. The monoisotopic (exact) mass is 238 g/mol. The van der Waals surface area contributed by atoms with Crippen molar-refractivity contribution in [2.75, 3.05) is 6.61 Å². The zero-order valence-electron chi connectivity index (χ0n) is 10.3. The van der Waals surface area contributed by atoms with Crippen LogP contribution in [-0.4, -0.2) is 17.8 Å². The number of aliphatic hydroxyl groups excluding tert-OH is 1. The van der Waals surface area contributed by atoms with Gasteiger partial charge in [-0.1, -0.05) is 19.1 Å². The molecule has 1 fully saturated rings. The van der Waals surface area contributed by atoms with Crippen LogP contribution in [0.1, 0.15) is 37.0 Å². The second-order valence-electron chi connectivity index (χ2n) is 4.72. The Kier molecular flexibility index (Phi) is 3.79. The molecule has 0 amide bonds. The molecule has 1 aliphatic rings. The van der Waals surface area contributed by atoms with E-state index in [4.69, 9.17) is 4.74 Å². The summed E-state index contributed by atoms with van der Waals surface area (Å²) in [5, 5.41) is 10.3. The van der Waals surface area contributed by atoms with Crippen LogP contribution in [0.3, 0.4) is 0 Å². The molecule has 1 aromatic rings. The van der Waals surface area contributed by atoms with Gasteiger partial charge in [0.1, 0.15) is 5.82 Å². The zero-order valence-corrected chi connectivity index (χ0v) is 10.3. The number of hydrogen-bond acceptors (Lipinski definition) is 2. The molecule has 1 aromatic carbocycles. The average molecular weight is 238 g/mol. The molecule has 94 valence electrons. The van der Waals surface area contributed by atoms with Crippen molar-refractivity contribution < 1.29 is 14.2 Å². The van der Waals surface area contributed by atoms with E-state index in [-0.39, 0.29) is 17.8 Å². The summed E-state index contributed by atoms with van der Waals surface area (Å²) in [4.78, 5) is 0. The van der Waals surface area contributed by atoms with Crippen molar-refractivity contribution in [1.29, 1.82) is 0 Å². The number of halogens is 1. The summed E-state index contributed by atoms with van der Waals surface area (Å²) >= 11 is 0. The standard InChI is InChI=1S/C14H19FO2/c1-3-13-11(6-7-17-13)14(16)10-4-5-12(15)9(2)8-10/h4-5,8,11,13-14,16H,3,6-7H2,1-2H3. The fraction of sp³-hybridized carbons (Fsp3) is 0.571. The summed E-state index contributed by atoms with van der Waals surface area (Å²) in [5.41, 5.74) is 1.37. The SMILES string of the molecule is CCC1OCCC1C(O)c1ccc(F)c(C)c1. The first kappa shape index (κ1) is 12.5. The van der Waals surface area contributed by atoms with Gasteiger partial charge in [0.25, 0.3) is 0 Å². The van der Waals surface area contributed by atoms with E-state index in [0.717, 1.165) is 18.4 Å². The molecule has 1 N–H and O–H groups in total. The molecule has 2 rings (SSSR count). The van der Waals surface area contributed by atoms with E-state index in [2.05, 4.69) is 6.92 Å². The Morgan fingerprint density at radius 2 is 2.29 bits per heavy atom. The molecule has 0 bridgehead atoms. The van der Waals surface area contributed by atoms with Crippen LogP contribution in [0.25, 0.3) is 0 Å². The largest absolute Gasteiger partial charge is 0.388 e. The maximum absolute atomic E-state index is 13.2. The van der Waals surface area contributed by atoms with Gasteiger partial charge in [-0.3, -0.25) is 0 Å². The lowest BCUT2D eigenvalue weighted by atomic mass is 9.88. The molecule has 0 radical (unpaired) electrons. The van der Waals surface area contributed by atoms with Gasteiger partial charge in [0.2, 0.25) is 0 Å². The van der Waals surface area contributed by atoms with E-state index in [1.807, 2.05) is 0 Å². The molecular weight excluding hydrogens is 219 g/mol. The van der Waals surface area contributed by atoms with Gasteiger partial charge in [-0.2, -0.15) is 0 Å². The van der Waals surface area contributed by atoms with Gasteiger partial charge in [0, 0.05) is 12.5 Å². The molecule has 2 nitrogen and oxygen atoms in total. The lowest BCUT2D eigenvalue weighted by molar-refractivity contribution is 0.0307. The van der Waals surface area contributed by atoms with Crippen LogP contribution in [0.2, 0.25) is 0 Å². The zero-order chi connectivity index (χ0) is 12.4. The predicted octanol–water partition coefficient (Wildman–Crippen LogP) is 2.98. The van der Waals surface area contributed by atoms with Gasteiger partial charge >= 0.3 is 0 Å². The van der Waals surface area contributed by atoms with Crippen LogP contribution in [0, 0.1) is 18.7 Å². The molecule has 3 heteroatoms. The van der Waals surface area contributed by atoms with Crippen LogP contribution < -0.4 is 0 Å². The maximum atomic E-state index is 13.2. The summed E-state index contributed by atoms with van der Waals surface area (Å²) in [6.45, 7) is 4.49. The number of benzene rings is 1. The fourth-order valence-electron chi connectivity index (χ4n) is 2.55. The number of aliphatic hydroxyl groups is 1. The van der Waals surface area contributed by atoms with E-state index in [0.29, 0.717) is 12.2 Å². The van der Waals surface area contributed by atoms with Crippen molar-refractivity contribution >= 4 is 0 Å². The molecule has 0 saturated carbocycles. The summed E-state index contributed by atoms with van der Waals surface area (Å²) in [6.07, 6.45) is 1.34. The highest BCUT2D eigenvalue weighted by atomic mass is 19.1. The van der Waals surface area contributed by atoms with Crippen LogP contribution in [-0.2, 0) is 4.74 Å². The smallest absolute Gasteiger partial charge is 0.126 e. The Bertz CT molecular complexity index is 392. The van der Waals surface area contributed by atoms with Crippen LogP contribution >= 0.6 is 0 Å². The molecule has 1 aliphatic heterocycles. The van der Waals surface area contributed by atoms with Crippen molar-refractivity contribution in [3.05, 3.63) is 35.1 Å². The first-order chi connectivity index (χ1) is 8.13. The van der Waals surface area contributed by atoms with Crippen molar-refractivity contribution in [3.8, 4) is 0 Å². The Hall–Kier alpha value is -0.930. The van der Waals surface area contributed by atoms with Gasteiger partial charge in [-0.15, -0.1) is 0 Å². The van der Waals surface area contributed by atoms with Gasteiger partial charge < -0.3 is 9.84 Å². The lowest BCUT2D eigenvalue weighted by Gasteiger charge is -2.23. The van der Waals surface area contributed by atoms with E-state index >= 15 is 0 Å². The molecule has 0 aliphatic carbocycles. The summed E-state index contributed by atoms with van der Waals surface area (Å²) in [7, 11) is 0. The molecule has 1 saturated heterocycles. The van der Waals surface area contributed by atoms with Crippen LogP contribution in [0.5, 0.6) is 0 Å². The normalized spacial score (nSPS) is 26.1. The molecule has 3 unspecified atom stereocenters. The van der Waals surface area contributed by atoms with Crippen molar-refractivity contribution in [1.82, 2.24) is 0 Å². The number of ether oxygens (including phenoxy) is 1. The fourth-order valence-corrected chi connectivity index (χ4v) is 2.55. The van der Waals surface area contributed by atoms with Crippen molar-refractivity contribution in [3.63, 3.8) is 0 Å². The lowest BCUT2D eigenvalue weighted by Crippen LogP contribution is -2.22. The number of aryl methyl sites for hydroxylation is 1. The van der Waals surface area contributed by atoms with Crippen LogP contribution in [0.15, 0.2) is 18.2 Å². The minimum Gasteiger partial charge on any atom is -0.388 e. The molecule has 3 atom stereocenters. The first-order valence-corrected chi connectivity index (χ1v) is 6.19. The first-order valence-electron chi connectivity index (χ1n) is 6.19. The third-order valence-corrected chi connectivity index (χ3v) is 3.59. The van der Waals surface area contributed by atoms with Crippen molar-refractivity contribution in [2.45, 2.75) is 38.9 Å². The maximum Gasteiger partial charge on any atom is 0.126 e. The highest BCUT2D eigenvalue weighted by Crippen LogP contribution is 2.35. The Balaban J connectivity index is 2.18. The van der Waals surface area contributed by atoms with E-state index in [1.165, 1.54) is 6.07 Å². The molecule has 0 aromatic heterocycles. The van der Waals surface area contributed by atoms with Crippen LogP contribution in [0.4, 0.5) is 4.39 Å². The van der Waals surface area contributed by atoms with Gasteiger partial charge in [-0.25, -0.2) is 4.39 Å². The Morgan fingerprint density at radius 1 is 1.53 bits per heavy atom.